The van der Waals surface area contributed by atoms with Crippen molar-refractivity contribution in [2.75, 3.05) is 13.1 Å². The van der Waals surface area contributed by atoms with E-state index in [1.807, 2.05) is 20.8 Å². The topological polar surface area (TPSA) is 109 Å². The number of carbonyl (C=O) groups excluding carboxylic acids is 2. The maximum absolute atomic E-state index is 12.4. The van der Waals surface area contributed by atoms with E-state index < -0.39 is 5.60 Å². The maximum Gasteiger partial charge on any atom is 0.410 e. The van der Waals surface area contributed by atoms with E-state index in [1.165, 1.54) is 12.4 Å². The summed E-state index contributed by atoms with van der Waals surface area (Å²) in [7, 11) is 0. The number of imidazole rings is 1. The van der Waals surface area contributed by atoms with Crippen molar-refractivity contribution < 1.29 is 19.4 Å². The SMILES string of the molecule is CC(C)(C)OC(=O)N1CCC(NC(=O)c2cn3cnc(O)cc3n2)CC1. The lowest BCUT2D eigenvalue weighted by atomic mass is 10.1. The first-order chi connectivity index (χ1) is 12.2. The highest BCUT2D eigenvalue weighted by Gasteiger charge is 2.28. The number of aromatic nitrogens is 3. The van der Waals surface area contributed by atoms with Gasteiger partial charge in [0, 0.05) is 31.4 Å². The van der Waals surface area contributed by atoms with Gasteiger partial charge in [0.15, 0.2) is 0 Å². The fraction of sp³-hybridized carbons (Fsp3) is 0.529. The molecular weight excluding hydrogens is 338 g/mol. The number of nitrogens with one attached hydrogen (secondary N) is 1. The first-order valence-corrected chi connectivity index (χ1v) is 8.54. The van der Waals surface area contributed by atoms with Crippen LogP contribution in [0.2, 0.25) is 0 Å². The first kappa shape index (κ1) is 18.0. The van der Waals surface area contributed by atoms with Crippen LogP contribution in [0, 0.1) is 0 Å². The fourth-order valence-electron chi connectivity index (χ4n) is 2.78. The van der Waals surface area contributed by atoms with E-state index in [-0.39, 0.29) is 29.6 Å². The highest BCUT2D eigenvalue weighted by Crippen LogP contribution is 2.16. The van der Waals surface area contributed by atoms with Crippen molar-refractivity contribution >= 4 is 17.6 Å². The molecule has 0 aliphatic carbocycles. The van der Waals surface area contributed by atoms with Crippen LogP contribution < -0.4 is 5.32 Å². The Morgan fingerprint density at radius 2 is 2.00 bits per heavy atom. The van der Waals surface area contributed by atoms with Crippen molar-refractivity contribution in [3.05, 3.63) is 24.3 Å². The molecule has 0 spiro atoms. The van der Waals surface area contributed by atoms with E-state index in [0.29, 0.717) is 31.6 Å². The largest absolute Gasteiger partial charge is 0.493 e. The van der Waals surface area contributed by atoms with Crippen molar-refractivity contribution in [2.24, 2.45) is 0 Å². The molecule has 2 amide bonds. The van der Waals surface area contributed by atoms with Crippen LogP contribution in [0.5, 0.6) is 5.88 Å². The molecule has 9 nitrogen and oxygen atoms in total. The normalized spacial score (nSPS) is 15.9. The van der Waals surface area contributed by atoms with Gasteiger partial charge >= 0.3 is 6.09 Å². The molecule has 2 aromatic heterocycles. The summed E-state index contributed by atoms with van der Waals surface area (Å²) in [6.45, 7) is 6.57. The van der Waals surface area contributed by atoms with Gasteiger partial charge in [-0.2, -0.15) is 0 Å². The number of fused-ring (bicyclic) bond motifs is 1. The quantitative estimate of drug-likeness (QED) is 0.840. The standard InChI is InChI=1S/C17H23N5O4/c1-17(2,3)26-16(25)21-6-4-11(5-7-21)19-15(24)12-9-22-10-18-14(23)8-13(22)20-12/h8-11,23H,4-7H2,1-3H3,(H,19,24). The van der Waals surface area contributed by atoms with Gasteiger partial charge in [-0.3, -0.25) is 9.20 Å². The Labute approximate surface area is 151 Å². The summed E-state index contributed by atoms with van der Waals surface area (Å²) in [6, 6.07) is 1.35. The first-order valence-electron chi connectivity index (χ1n) is 8.54. The minimum absolute atomic E-state index is 0.0301. The Morgan fingerprint density at radius 3 is 2.65 bits per heavy atom. The monoisotopic (exact) mass is 361 g/mol. The van der Waals surface area contributed by atoms with Crippen LogP contribution in [0.25, 0.3) is 5.65 Å². The summed E-state index contributed by atoms with van der Waals surface area (Å²) in [5.74, 6) is -0.437. The van der Waals surface area contributed by atoms with Crippen LogP contribution >= 0.6 is 0 Å². The number of amides is 2. The number of hydrogen-bond donors (Lipinski definition) is 2. The molecule has 1 aliphatic heterocycles. The molecule has 0 unspecified atom stereocenters. The van der Waals surface area contributed by atoms with E-state index >= 15 is 0 Å². The van der Waals surface area contributed by atoms with Crippen molar-refractivity contribution in [1.29, 1.82) is 0 Å². The molecule has 140 valence electrons. The van der Waals surface area contributed by atoms with Crippen LogP contribution in [0.3, 0.4) is 0 Å². The molecule has 3 heterocycles. The molecule has 9 heteroatoms. The van der Waals surface area contributed by atoms with Crippen molar-refractivity contribution in [3.8, 4) is 5.88 Å². The molecule has 1 saturated heterocycles. The molecule has 2 N–H and O–H groups in total. The highest BCUT2D eigenvalue weighted by atomic mass is 16.6. The third-order valence-corrected chi connectivity index (χ3v) is 4.05. The van der Waals surface area contributed by atoms with Crippen molar-refractivity contribution in [3.63, 3.8) is 0 Å². The van der Waals surface area contributed by atoms with Gasteiger partial charge in [-0.1, -0.05) is 0 Å². The van der Waals surface area contributed by atoms with E-state index in [2.05, 4.69) is 15.3 Å². The Hall–Kier alpha value is -2.84. The number of piperidine rings is 1. The molecule has 1 fully saturated rings. The number of hydrogen-bond acceptors (Lipinski definition) is 6. The number of rotatable bonds is 2. The average Bonchev–Trinajstić information content (AvgIpc) is 2.97. The molecule has 1 aliphatic rings. The molecule has 2 aromatic rings. The zero-order chi connectivity index (χ0) is 18.9. The van der Waals surface area contributed by atoms with Gasteiger partial charge in [-0.15, -0.1) is 0 Å². The molecule has 3 rings (SSSR count). The van der Waals surface area contributed by atoms with Gasteiger partial charge in [0.05, 0.1) is 0 Å². The second-order valence-electron chi connectivity index (χ2n) is 7.35. The van der Waals surface area contributed by atoms with Gasteiger partial charge in [-0.25, -0.2) is 14.8 Å². The summed E-state index contributed by atoms with van der Waals surface area (Å²) in [5, 5.41) is 12.3. The summed E-state index contributed by atoms with van der Waals surface area (Å²) in [6.07, 6.45) is 3.94. The zero-order valence-electron chi connectivity index (χ0n) is 15.1. The Kier molecular flexibility index (Phi) is 4.71. The summed E-state index contributed by atoms with van der Waals surface area (Å²) in [4.78, 5) is 34.1. The Morgan fingerprint density at radius 1 is 1.31 bits per heavy atom. The molecule has 0 aromatic carbocycles. The van der Waals surface area contributed by atoms with Crippen LogP contribution in [-0.2, 0) is 4.74 Å². The summed E-state index contributed by atoms with van der Waals surface area (Å²) in [5.41, 5.74) is 0.184. The number of likely N-dealkylation sites (tertiary alicyclic amines) is 1. The second kappa shape index (κ2) is 6.81. The Bertz CT molecular complexity index is 818. The van der Waals surface area contributed by atoms with Crippen molar-refractivity contribution in [2.45, 2.75) is 45.3 Å². The van der Waals surface area contributed by atoms with E-state index in [9.17, 15) is 14.7 Å². The summed E-state index contributed by atoms with van der Waals surface area (Å²) < 4.78 is 6.94. The third kappa shape index (κ3) is 4.22. The number of nitrogens with zero attached hydrogens (tertiary/aromatic N) is 4. The predicted octanol–water partition coefficient (Wildman–Crippen LogP) is 1.56. The van der Waals surface area contributed by atoms with Crippen LogP contribution in [0.4, 0.5) is 4.79 Å². The van der Waals surface area contributed by atoms with Crippen LogP contribution in [-0.4, -0.2) is 61.1 Å². The van der Waals surface area contributed by atoms with E-state index in [1.54, 1.807) is 15.5 Å². The van der Waals surface area contributed by atoms with Gasteiger partial charge in [-0.05, 0) is 33.6 Å². The second-order valence-corrected chi connectivity index (χ2v) is 7.35. The molecule has 0 radical (unpaired) electrons. The minimum Gasteiger partial charge on any atom is -0.493 e. The molecule has 0 saturated carbocycles. The predicted molar refractivity (Wildman–Crippen MR) is 92.9 cm³/mol. The van der Waals surface area contributed by atoms with E-state index in [0.717, 1.165) is 0 Å². The van der Waals surface area contributed by atoms with E-state index in [4.69, 9.17) is 4.74 Å². The molecule has 26 heavy (non-hydrogen) atoms. The Balaban J connectivity index is 1.55. The van der Waals surface area contributed by atoms with Gasteiger partial charge in [0.25, 0.3) is 5.91 Å². The number of ether oxygens (including phenoxy) is 1. The lowest BCUT2D eigenvalue weighted by molar-refractivity contribution is 0.0199. The van der Waals surface area contributed by atoms with Gasteiger partial charge in [0.1, 0.15) is 23.3 Å². The molecular formula is C17H23N5O4. The lowest BCUT2D eigenvalue weighted by Crippen LogP contribution is -2.47. The van der Waals surface area contributed by atoms with Crippen LogP contribution in [0.1, 0.15) is 44.1 Å². The minimum atomic E-state index is -0.519. The third-order valence-electron chi connectivity index (χ3n) is 4.05. The molecule has 0 atom stereocenters. The molecule has 0 bridgehead atoms. The number of aromatic hydroxyl groups is 1. The highest BCUT2D eigenvalue weighted by molar-refractivity contribution is 5.93. The average molecular weight is 361 g/mol. The number of carbonyl (C=O) groups is 2. The van der Waals surface area contributed by atoms with Crippen molar-refractivity contribution in [1.82, 2.24) is 24.6 Å². The van der Waals surface area contributed by atoms with Gasteiger partial charge in [0.2, 0.25) is 5.88 Å². The maximum atomic E-state index is 12.4. The summed E-state index contributed by atoms with van der Waals surface area (Å²) >= 11 is 0. The lowest BCUT2D eigenvalue weighted by Gasteiger charge is -2.33. The fourth-order valence-corrected chi connectivity index (χ4v) is 2.78. The smallest absolute Gasteiger partial charge is 0.410 e. The van der Waals surface area contributed by atoms with Crippen LogP contribution in [0.15, 0.2) is 18.6 Å². The van der Waals surface area contributed by atoms with Gasteiger partial charge < -0.3 is 20.1 Å². The zero-order valence-corrected chi connectivity index (χ0v) is 15.1.